The van der Waals surface area contributed by atoms with Crippen LogP contribution < -0.4 is 4.74 Å². The van der Waals surface area contributed by atoms with Crippen molar-refractivity contribution in [3.05, 3.63) is 29.1 Å². The van der Waals surface area contributed by atoms with E-state index in [1.807, 2.05) is 6.07 Å². The summed E-state index contributed by atoms with van der Waals surface area (Å²) in [4.78, 5) is 0. The Morgan fingerprint density at radius 2 is 2.21 bits per heavy atom. The van der Waals surface area contributed by atoms with Crippen molar-refractivity contribution in [2.24, 2.45) is 0 Å². The van der Waals surface area contributed by atoms with E-state index in [9.17, 15) is 4.39 Å². The van der Waals surface area contributed by atoms with E-state index >= 15 is 0 Å². The van der Waals surface area contributed by atoms with Crippen LogP contribution in [0.25, 0.3) is 0 Å². The zero-order chi connectivity index (χ0) is 10.6. The lowest BCUT2D eigenvalue weighted by atomic mass is 10.0. The first-order valence-corrected chi connectivity index (χ1v) is 4.39. The molecule has 0 radical (unpaired) electrons. The summed E-state index contributed by atoms with van der Waals surface area (Å²) < 4.78 is 18.6. The molecule has 0 saturated carbocycles. The van der Waals surface area contributed by atoms with Gasteiger partial charge in [0.15, 0.2) is 0 Å². The monoisotopic (exact) mass is 193 g/mol. The van der Waals surface area contributed by atoms with E-state index in [1.54, 1.807) is 19.1 Å². The van der Waals surface area contributed by atoms with Crippen LogP contribution in [0, 0.1) is 24.1 Å². The molecule has 0 N–H and O–H groups in total. The van der Waals surface area contributed by atoms with E-state index in [0.29, 0.717) is 29.7 Å². The Hall–Kier alpha value is -1.56. The fourth-order valence-corrected chi connectivity index (χ4v) is 1.33. The van der Waals surface area contributed by atoms with Gasteiger partial charge in [0.25, 0.3) is 0 Å². The van der Waals surface area contributed by atoms with Gasteiger partial charge in [-0.1, -0.05) is 6.07 Å². The Labute approximate surface area is 82.9 Å². The van der Waals surface area contributed by atoms with E-state index in [-0.39, 0.29) is 5.82 Å². The third kappa shape index (κ3) is 2.02. The minimum absolute atomic E-state index is 0.264. The van der Waals surface area contributed by atoms with Gasteiger partial charge in [0, 0.05) is 12.0 Å². The number of rotatable bonds is 3. The molecule has 1 aromatic carbocycles. The van der Waals surface area contributed by atoms with Crippen LogP contribution >= 0.6 is 0 Å². The molecule has 0 heterocycles. The predicted molar refractivity (Wildman–Crippen MR) is 51.6 cm³/mol. The van der Waals surface area contributed by atoms with Gasteiger partial charge in [-0.25, -0.2) is 4.39 Å². The van der Waals surface area contributed by atoms with Crippen molar-refractivity contribution < 1.29 is 9.13 Å². The smallest absolute Gasteiger partial charge is 0.133 e. The predicted octanol–water partition coefficient (Wildman–Crippen LogP) is 2.60. The highest BCUT2D eigenvalue weighted by molar-refractivity contribution is 5.38. The van der Waals surface area contributed by atoms with Gasteiger partial charge in [0.2, 0.25) is 0 Å². The van der Waals surface area contributed by atoms with Crippen LogP contribution in [0.15, 0.2) is 12.1 Å². The Morgan fingerprint density at radius 1 is 1.50 bits per heavy atom. The van der Waals surface area contributed by atoms with Crippen molar-refractivity contribution in [3.63, 3.8) is 0 Å². The Bertz CT molecular complexity index is 368. The molecule has 0 bridgehead atoms. The normalized spacial score (nSPS) is 9.57. The summed E-state index contributed by atoms with van der Waals surface area (Å²) in [5, 5.41) is 8.44. The third-order valence-electron chi connectivity index (χ3n) is 2.10. The van der Waals surface area contributed by atoms with Gasteiger partial charge in [-0.3, -0.25) is 0 Å². The molecular formula is C11H12FNO. The van der Waals surface area contributed by atoms with Crippen molar-refractivity contribution >= 4 is 0 Å². The van der Waals surface area contributed by atoms with Crippen LogP contribution in [-0.2, 0) is 6.42 Å². The quantitative estimate of drug-likeness (QED) is 0.739. The van der Waals surface area contributed by atoms with Gasteiger partial charge < -0.3 is 4.74 Å². The Morgan fingerprint density at radius 3 is 2.79 bits per heavy atom. The summed E-state index contributed by atoms with van der Waals surface area (Å²) in [5.74, 6) is 0.253. The van der Waals surface area contributed by atoms with Gasteiger partial charge in [0.05, 0.1) is 13.2 Å². The second kappa shape index (κ2) is 4.61. The lowest BCUT2D eigenvalue weighted by molar-refractivity contribution is 0.404. The number of nitrogens with zero attached hydrogens (tertiary/aromatic N) is 1. The molecule has 1 rings (SSSR count). The van der Waals surface area contributed by atoms with E-state index in [4.69, 9.17) is 10.00 Å². The first kappa shape index (κ1) is 10.5. The number of aryl methyl sites for hydroxylation is 1. The molecule has 0 amide bonds. The fraction of sp³-hybridized carbons (Fsp3) is 0.364. The van der Waals surface area contributed by atoms with E-state index in [1.165, 1.54) is 7.11 Å². The largest absolute Gasteiger partial charge is 0.496 e. The number of hydrogen-bond acceptors (Lipinski definition) is 2. The third-order valence-corrected chi connectivity index (χ3v) is 2.10. The van der Waals surface area contributed by atoms with E-state index in [2.05, 4.69) is 0 Å². The second-order valence-corrected chi connectivity index (χ2v) is 3.04. The summed E-state index contributed by atoms with van der Waals surface area (Å²) in [6.07, 6.45) is 0.698. The number of nitriles is 1. The molecule has 0 aliphatic carbocycles. The topological polar surface area (TPSA) is 33.0 Å². The molecule has 0 saturated heterocycles. The number of ether oxygens (including phenoxy) is 1. The van der Waals surface area contributed by atoms with Crippen molar-refractivity contribution in [3.8, 4) is 11.8 Å². The number of halogens is 1. The molecule has 0 atom stereocenters. The highest BCUT2D eigenvalue weighted by Crippen LogP contribution is 2.25. The molecular weight excluding hydrogens is 181 g/mol. The maximum atomic E-state index is 13.6. The summed E-state index contributed by atoms with van der Waals surface area (Å²) in [6, 6.07) is 5.39. The first-order valence-electron chi connectivity index (χ1n) is 4.39. The van der Waals surface area contributed by atoms with Gasteiger partial charge in [0.1, 0.15) is 11.6 Å². The fourth-order valence-electron chi connectivity index (χ4n) is 1.33. The Balaban J connectivity index is 3.09. The van der Waals surface area contributed by atoms with Crippen LogP contribution in [0.3, 0.4) is 0 Å². The molecule has 1 aromatic rings. The summed E-state index contributed by atoms with van der Waals surface area (Å²) in [6.45, 7) is 1.70. The average Bonchev–Trinajstić information content (AvgIpc) is 2.20. The van der Waals surface area contributed by atoms with Crippen LogP contribution in [0.1, 0.15) is 17.5 Å². The molecule has 3 heteroatoms. The highest BCUT2D eigenvalue weighted by Gasteiger charge is 2.10. The number of benzene rings is 1. The number of methoxy groups -OCH3 is 1. The van der Waals surface area contributed by atoms with Crippen LogP contribution in [0.2, 0.25) is 0 Å². The standard InChI is InChI=1S/C11H12FNO/c1-8-5-6-10(14-2)9(11(8)12)4-3-7-13/h5-6H,3-4H2,1-2H3. The van der Waals surface area contributed by atoms with Gasteiger partial charge in [-0.05, 0) is 25.0 Å². The van der Waals surface area contributed by atoms with Gasteiger partial charge in [-0.2, -0.15) is 5.26 Å². The SMILES string of the molecule is COc1ccc(C)c(F)c1CCC#N. The van der Waals surface area contributed by atoms with Crippen LogP contribution in [0.4, 0.5) is 4.39 Å². The maximum absolute atomic E-state index is 13.6. The lowest BCUT2D eigenvalue weighted by Gasteiger charge is -2.09. The molecule has 0 aromatic heterocycles. The summed E-state index contributed by atoms with van der Waals surface area (Å²) >= 11 is 0. The molecule has 14 heavy (non-hydrogen) atoms. The molecule has 0 aliphatic heterocycles. The van der Waals surface area contributed by atoms with Crippen molar-refractivity contribution in [2.45, 2.75) is 19.8 Å². The molecule has 2 nitrogen and oxygen atoms in total. The van der Waals surface area contributed by atoms with Crippen molar-refractivity contribution in [1.29, 1.82) is 5.26 Å². The zero-order valence-electron chi connectivity index (χ0n) is 8.30. The molecule has 0 spiro atoms. The first-order chi connectivity index (χ1) is 6.70. The van der Waals surface area contributed by atoms with Crippen molar-refractivity contribution in [2.75, 3.05) is 7.11 Å². The van der Waals surface area contributed by atoms with E-state index in [0.717, 1.165) is 0 Å². The van der Waals surface area contributed by atoms with Crippen LogP contribution in [0.5, 0.6) is 5.75 Å². The van der Waals surface area contributed by atoms with Crippen LogP contribution in [-0.4, -0.2) is 7.11 Å². The summed E-state index contributed by atoms with van der Waals surface area (Å²) in [7, 11) is 1.50. The van der Waals surface area contributed by atoms with Gasteiger partial charge >= 0.3 is 0 Å². The molecule has 0 unspecified atom stereocenters. The minimum Gasteiger partial charge on any atom is -0.496 e. The lowest BCUT2D eigenvalue weighted by Crippen LogP contribution is -1.98. The molecule has 0 aliphatic rings. The highest BCUT2D eigenvalue weighted by atomic mass is 19.1. The maximum Gasteiger partial charge on any atom is 0.133 e. The minimum atomic E-state index is -0.264. The van der Waals surface area contributed by atoms with Gasteiger partial charge in [-0.15, -0.1) is 0 Å². The molecule has 74 valence electrons. The average molecular weight is 193 g/mol. The van der Waals surface area contributed by atoms with Crippen molar-refractivity contribution in [1.82, 2.24) is 0 Å². The number of hydrogen-bond donors (Lipinski definition) is 0. The zero-order valence-corrected chi connectivity index (χ0v) is 8.30. The van der Waals surface area contributed by atoms with E-state index < -0.39 is 0 Å². The summed E-state index contributed by atoms with van der Waals surface area (Å²) in [5.41, 5.74) is 1.08. The molecule has 0 fully saturated rings. The Kier molecular flexibility index (Phi) is 3.47. The second-order valence-electron chi connectivity index (χ2n) is 3.04.